The molecule has 0 saturated carbocycles. The number of phenolic OH excluding ortho intramolecular Hbond substituents is 3. The summed E-state index contributed by atoms with van der Waals surface area (Å²) in [5, 5.41) is 70.0. The van der Waals surface area contributed by atoms with Gasteiger partial charge in [-0.2, -0.15) is 0 Å². The van der Waals surface area contributed by atoms with E-state index in [2.05, 4.69) is 0 Å². The fraction of sp³-hybridized carbons (Fsp3) is 0.286. The van der Waals surface area contributed by atoms with Crippen molar-refractivity contribution in [1.29, 1.82) is 0 Å². The highest BCUT2D eigenvalue weighted by molar-refractivity contribution is 5.88. The van der Waals surface area contributed by atoms with Crippen LogP contribution in [0, 0.1) is 0 Å². The average molecular weight is 432 g/mol. The first-order valence-electron chi connectivity index (χ1n) is 9.35. The molecule has 10 nitrogen and oxygen atoms in total. The van der Waals surface area contributed by atoms with Gasteiger partial charge in [0.05, 0.1) is 12.2 Å². The second kappa shape index (κ2) is 7.84. The Morgan fingerprint density at radius 2 is 1.58 bits per heavy atom. The lowest BCUT2D eigenvalue weighted by Gasteiger charge is -2.40. The number of fused-ring (bicyclic) bond motifs is 1. The fourth-order valence-electron chi connectivity index (χ4n) is 3.69. The summed E-state index contributed by atoms with van der Waals surface area (Å²) in [6.07, 6.45) is -7.95. The van der Waals surface area contributed by atoms with Crippen molar-refractivity contribution in [2.75, 3.05) is 6.61 Å². The van der Waals surface area contributed by atoms with Crippen LogP contribution in [0.1, 0.15) is 11.7 Å². The van der Waals surface area contributed by atoms with Gasteiger partial charge in [-0.1, -0.05) is 0 Å². The number of rotatable bonds is 3. The van der Waals surface area contributed by atoms with Gasteiger partial charge in [0, 0.05) is 17.7 Å². The number of aliphatic hydroxyl groups excluding tert-OH is 4. The molecule has 0 unspecified atom stereocenters. The van der Waals surface area contributed by atoms with Crippen LogP contribution in [0.3, 0.4) is 0 Å². The lowest BCUT2D eigenvalue weighted by atomic mass is 9.89. The van der Waals surface area contributed by atoms with Crippen LogP contribution in [0.2, 0.25) is 0 Å². The maximum atomic E-state index is 12.7. The van der Waals surface area contributed by atoms with E-state index in [9.17, 15) is 40.5 Å². The van der Waals surface area contributed by atoms with E-state index < -0.39 is 59.6 Å². The molecule has 4 rings (SSSR count). The molecule has 2 aromatic carbocycles. The summed E-state index contributed by atoms with van der Waals surface area (Å²) in [6.45, 7) is -0.700. The van der Waals surface area contributed by atoms with Crippen LogP contribution in [-0.4, -0.2) is 66.8 Å². The van der Waals surface area contributed by atoms with Crippen LogP contribution in [0.15, 0.2) is 45.6 Å². The highest BCUT2D eigenvalue weighted by Crippen LogP contribution is 2.44. The fourth-order valence-corrected chi connectivity index (χ4v) is 3.69. The van der Waals surface area contributed by atoms with Crippen LogP contribution in [0.4, 0.5) is 0 Å². The predicted molar refractivity (Wildman–Crippen MR) is 106 cm³/mol. The molecule has 0 amide bonds. The van der Waals surface area contributed by atoms with Gasteiger partial charge in [-0.05, 0) is 24.3 Å². The topological polar surface area (TPSA) is 181 Å². The first-order valence-corrected chi connectivity index (χ1v) is 9.35. The molecule has 5 atom stereocenters. The lowest BCUT2D eigenvalue weighted by molar-refractivity contribution is -0.232. The quantitative estimate of drug-likeness (QED) is 0.300. The molecule has 31 heavy (non-hydrogen) atoms. The SMILES string of the molecule is O=c1cc(-c2ccc(O)cc2)oc2cc(O)c([C@H]3O[C@@H](CO)[C@@H](O)[C@@H](O)[C@@H]3O)c(O)c12. The van der Waals surface area contributed by atoms with Crippen molar-refractivity contribution in [2.24, 2.45) is 0 Å². The summed E-state index contributed by atoms with van der Waals surface area (Å²) in [6, 6.07) is 8.00. The Kier molecular flexibility index (Phi) is 5.33. The number of aromatic hydroxyl groups is 3. The maximum Gasteiger partial charge on any atom is 0.197 e. The summed E-state index contributed by atoms with van der Waals surface area (Å²) in [5.74, 6) is -1.19. The Morgan fingerprint density at radius 3 is 2.23 bits per heavy atom. The number of hydrogen-bond donors (Lipinski definition) is 7. The molecule has 164 valence electrons. The molecule has 2 heterocycles. The predicted octanol–water partition coefficient (Wildman–Crippen LogP) is 0.0917. The number of ether oxygens (including phenoxy) is 1. The van der Waals surface area contributed by atoms with Gasteiger partial charge in [-0.25, -0.2) is 0 Å². The Balaban J connectivity index is 1.85. The molecule has 1 fully saturated rings. The minimum Gasteiger partial charge on any atom is -0.508 e. The van der Waals surface area contributed by atoms with Gasteiger partial charge in [0.15, 0.2) is 5.43 Å². The van der Waals surface area contributed by atoms with Crippen molar-refractivity contribution >= 4 is 11.0 Å². The van der Waals surface area contributed by atoms with Crippen LogP contribution in [-0.2, 0) is 4.74 Å². The molecule has 0 radical (unpaired) electrons. The van der Waals surface area contributed by atoms with E-state index in [-0.39, 0.29) is 22.5 Å². The third-order valence-electron chi connectivity index (χ3n) is 5.34. The molecule has 3 aromatic rings. The smallest absolute Gasteiger partial charge is 0.197 e. The third-order valence-corrected chi connectivity index (χ3v) is 5.34. The normalized spacial score (nSPS) is 26.3. The molecule has 7 N–H and O–H groups in total. The van der Waals surface area contributed by atoms with E-state index in [1.807, 2.05) is 0 Å². The zero-order valence-electron chi connectivity index (χ0n) is 15.9. The van der Waals surface area contributed by atoms with Crippen molar-refractivity contribution in [2.45, 2.75) is 30.5 Å². The molecule has 0 bridgehead atoms. The maximum absolute atomic E-state index is 12.7. The van der Waals surface area contributed by atoms with Gasteiger partial charge in [0.25, 0.3) is 0 Å². The van der Waals surface area contributed by atoms with Gasteiger partial charge in [-0.15, -0.1) is 0 Å². The molecule has 10 heteroatoms. The molecular formula is C21H20O10. The third kappa shape index (κ3) is 3.50. The number of aliphatic hydroxyl groups is 4. The molecule has 1 aromatic heterocycles. The largest absolute Gasteiger partial charge is 0.508 e. The van der Waals surface area contributed by atoms with Gasteiger partial charge in [0.1, 0.15) is 64.5 Å². The van der Waals surface area contributed by atoms with E-state index in [1.165, 1.54) is 24.3 Å². The van der Waals surface area contributed by atoms with Gasteiger partial charge in [0.2, 0.25) is 0 Å². The second-order valence-electron chi connectivity index (χ2n) is 7.30. The summed E-state index contributed by atoms with van der Waals surface area (Å²) < 4.78 is 11.0. The first kappa shape index (κ1) is 21.1. The summed E-state index contributed by atoms with van der Waals surface area (Å²) in [4.78, 5) is 12.7. The van der Waals surface area contributed by atoms with Crippen molar-refractivity contribution in [3.05, 3.63) is 52.2 Å². The highest BCUT2D eigenvalue weighted by atomic mass is 16.5. The Morgan fingerprint density at radius 1 is 0.903 bits per heavy atom. The van der Waals surface area contributed by atoms with Crippen LogP contribution >= 0.6 is 0 Å². The zero-order chi connectivity index (χ0) is 22.4. The standard InChI is InChI=1S/C21H20O10/c22-7-14-17(26)19(28)20(29)21(31-14)16-11(25)6-13-15(18(16)27)10(24)5-12(30-13)8-1-3-9(23)4-2-8/h1-6,14,17,19-23,25-29H,7H2/t14-,17+,19+,20-,21+/m0/s1. The number of benzene rings is 2. The summed E-state index contributed by atoms with van der Waals surface area (Å²) >= 11 is 0. The minimum absolute atomic E-state index is 0.0198. The second-order valence-corrected chi connectivity index (χ2v) is 7.30. The Bertz CT molecular complexity index is 1170. The van der Waals surface area contributed by atoms with E-state index in [0.717, 1.165) is 12.1 Å². The number of hydrogen-bond acceptors (Lipinski definition) is 10. The van der Waals surface area contributed by atoms with Crippen LogP contribution < -0.4 is 5.43 Å². The monoisotopic (exact) mass is 432 g/mol. The van der Waals surface area contributed by atoms with E-state index in [0.29, 0.717) is 5.56 Å². The van der Waals surface area contributed by atoms with E-state index >= 15 is 0 Å². The van der Waals surface area contributed by atoms with Gasteiger partial charge in [-0.3, -0.25) is 4.79 Å². The minimum atomic E-state index is -1.77. The molecular weight excluding hydrogens is 412 g/mol. The van der Waals surface area contributed by atoms with E-state index in [1.54, 1.807) is 0 Å². The average Bonchev–Trinajstić information content (AvgIpc) is 2.73. The van der Waals surface area contributed by atoms with Gasteiger partial charge >= 0.3 is 0 Å². The molecule has 0 spiro atoms. The first-order chi connectivity index (χ1) is 14.7. The molecule has 1 saturated heterocycles. The zero-order valence-corrected chi connectivity index (χ0v) is 15.9. The molecule has 1 aliphatic heterocycles. The van der Waals surface area contributed by atoms with Crippen molar-refractivity contribution in [3.8, 4) is 28.6 Å². The molecule has 0 aliphatic carbocycles. The van der Waals surface area contributed by atoms with Crippen LogP contribution in [0.25, 0.3) is 22.3 Å². The molecule has 1 aliphatic rings. The summed E-state index contributed by atoms with van der Waals surface area (Å²) in [5.41, 5.74) is -0.741. The Hall–Kier alpha value is -3.15. The van der Waals surface area contributed by atoms with Gasteiger partial charge < -0.3 is 44.9 Å². The van der Waals surface area contributed by atoms with Crippen molar-refractivity contribution in [3.63, 3.8) is 0 Å². The Labute approximate surface area is 174 Å². The van der Waals surface area contributed by atoms with Crippen LogP contribution in [0.5, 0.6) is 17.2 Å². The highest BCUT2D eigenvalue weighted by Gasteiger charge is 2.46. The summed E-state index contributed by atoms with van der Waals surface area (Å²) in [7, 11) is 0. The lowest BCUT2D eigenvalue weighted by Crippen LogP contribution is -2.55. The van der Waals surface area contributed by atoms with E-state index in [4.69, 9.17) is 9.15 Å². The van der Waals surface area contributed by atoms with Crippen molar-refractivity contribution < 1.29 is 44.9 Å². The van der Waals surface area contributed by atoms with Crippen molar-refractivity contribution in [1.82, 2.24) is 0 Å². The number of phenols is 3.